The highest BCUT2D eigenvalue weighted by Crippen LogP contribution is 2.46. The van der Waals surface area contributed by atoms with Crippen molar-refractivity contribution in [2.75, 3.05) is 7.11 Å². The topological polar surface area (TPSA) is 27.7 Å². The van der Waals surface area contributed by atoms with Crippen LogP contribution in [0.3, 0.4) is 0 Å². The molecule has 1 aliphatic heterocycles. The van der Waals surface area contributed by atoms with Crippen molar-refractivity contribution < 1.29 is 14.0 Å². The van der Waals surface area contributed by atoms with Gasteiger partial charge in [0.15, 0.2) is 0 Å². The molecule has 4 heteroatoms. The first kappa shape index (κ1) is 20.0. The van der Waals surface area contributed by atoms with E-state index in [0.717, 1.165) is 24.2 Å². The van der Waals surface area contributed by atoms with Gasteiger partial charge in [-0.1, -0.05) is 54.6 Å². The molecule has 0 amide bonds. The van der Waals surface area contributed by atoms with Gasteiger partial charge in [-0.3, -0.25) is 0 Å². The Bertz CT molecular complexity index is 941. The second kappa shape index (κ2) is 7.51. The Morgan fingerprint density at radius 2 is 1.48 bits per heavy atom. The normalized spacial score (nSPS) is 20.6. The third-order valence-electron chi connectivity index (χ3n) is 6.35. The van der Waals surface area contributed by atoms with Crippen LogP contribution in [0.1, 0.15) is 51.7 Å². The molecule has 0 unspecified atom stereocenters. The number of allylic oxidation sites excluding steroid dienone is 4. The van der Waals surface area contributed by atoms with Crippen molar-refractivity contribution >= 4 is 18.3 Å². The van der Waals surface area contributed by atoms with Crippen LogP contribution in [0.25, 0.3) is 11.1 Å². The van der Waals surface area contributed by atoms with Gasteiger partial charge >= 0.3 is 7.12 Å². The molecule has 0 bridgehead atoms. The first-order chi connectivity index (χ1) is 13.8. The van der Waals surface area contributed by atoms with E-state index in [1.165, 1.54) is 22.2 Å². The van der Waals surface area contributed by atoms with Crippen LogP contribution >= 0.6 is 0 Å². The number of rotatable bonds is 4. The van der Waals surface area contributed by atoms with Gasteiger partial charge in [0.1, 0.15) is 5.75 Å². The average molecular weight is 388 g/mol. The maximum atomic E-state index is 6.46. The monoisotopic (exact) mass is 388 g/mol. The number of hydrogen-bond donors (Lipinski definition) is 0. The summed E-state index contributed by atoms with van der Waals surface area (Å²) in [5.74, 6) is 0.877. The lowest BCUT2D eigenvalue weighted by Crippen LogP contribution is -2.41. The molecular formula is C25H29BO3. The predicted octanol–water partition coefficient (Wildman–Crippen LogP) is 5.96. The summed E-state index contributed by atoms with van der Waals surface area (Å²) in [7, 11) is 1.37. The van der Waals surface area contributed by atoms with Crippen LogP contribution in [0.4, 0.5) is 0 Å². The minimum Gasteiger partial charge on any atom is -0.496 e. The molecule has 1 heterocycles. The molecule has 150 valence electrons. The Hall–Kier alpha value is -2.30. The van der Waals surface area contributed by atoms with E-state index in [-0.39, 0.29) is 18.3 Å². The number of benzene rings is 2. The van der Waals surface area contributed by atoms with Crippen LogP contribution in [0.5, 0.6) is 5.75 Å². The van der Waals surface area contributed by atoms with E-state index >= 15 is 0 Å². The van der Waals surface area contributed by atoms with Crippen molar-refractivity contribution in [3.05, 3.63) is 77.3 Å². The molecule has 0 N–H and O–H groups in total. The van der Waals surface area contributed by atoms with Crippen molar-refractivity contribution in [3.8, 4) is 5.75 Å². The summed E-state index contributed by atoms with van der Waals surface area (Å²) in [6, 6.07) is 18.7. The maximum Gasteiger partial charge on any atom is 0.491 e. The molecule has 0 spiro atoms. The van der Waals surface area contributed by atoms with Crippen LogP contribution in [-0.4, -0.2) is 25.4 Å². The van der Waals surface area contributed by atoms with E-state index in [2.05, 4.69) is 70.2 Å². The molecule has 0 aromatic heterocycles. The second-order valence-corrected chi connectivity index (χ2v) is 8.71. The minimum absolute atomic E-state index is 0.353. The van der Waals surface area contributed by atoms with E-state index in [9.17, 15) is 0 Å². The van der Waals surface area contributed by atoms with Crippen molar-refractivity contribution in [3.63, 3.8) is 0 Å². The van der Waals surface area contributed by atoms with E-state index in [4.69, 9.17) is 14.0 Å². The summed E-state index contributed by atoms with van der Waals surface area (Å²) in [6.07, 6.45) is 4.18. The van der Waals surface area contributed by atoms with Crippen LogP contribution in [-0.2, 0) is 9.31 Å². The first-order valence-electron chi connectivity index (χ1n) is 10.3. The molecule has 3 nitrogen and oxygen atoms in total. The predicted molar refractivity (Wildman–Crippen MR) is 120 cm³/mol. The van der Waals surface area contributed by atoms with Gasteiger partial charge in [-0.05, 0) is 68.8 Å². The van der Waals surface area contributed by atoms with Gasteiger partial charge in [-0.25, -0.2) is 0 Å². The lowest BCUT2D eigenvalue weighted by molar-refractivity contribution is 0.00578. The molecule has 4 rings (SSSR count). The van der Waals surface area contributed by atoms with Crippen LogP contribution in [0, 0.1) is 0 Å². The highest BCUT2D eigenvalue weighted by Gasteiger charge is 2.53. The SMILES string of the molecule is COc1ccccc1C1=CCCC(B2OC(C)(C)C(C)(C)O2)=C1c1ccccc1. The summed E-state index contributed by atoms with van der Waals surface area (Å²) in [4.78, 5) is 0. The Kier molecular flexibility index (Phi) is 5.18. The van der Waals surface area contributed by atoms with Gasteiger partial charge < -0.3 is 14.0 Å². The third-order valence-corrected chi connectivity index (χ3v) is 6.35. The van der Waals surface area contributed by atoms with Gasteiger partial charge in [-0.15, -0.1) is 0 Å². The van der Waals surface area contributed by atoms with E-state index in [1.807, 2.05) is 18.2 Å². The number of methoxy groups -OCH3 is 1. The zero-order chi connectivity index (χ0) is 20.6. The van der Waals surface area contributed by atoms with E-state index in [0.29, 0.717) is 0 Å². The largest absolute Gasteiger partial charge is 0.496 e. The summed E-state index contributed by atoms with van der Waals surface area (Å²) < 4.78 is 18.6. The fraction of sp³-hybridized carbons (Fsp3) is 0.360. The van der Waals surface area contributed by atoms with E-state index < -0.39 is 0 Å². The molecular weight excluding hydrogens is 359 g/mol. The minimum atomic E-state index is -0.363. The van der Waals surface area contributed by atoms with Crippen LogP contribution < -0.4 is 4.74 Å². The molecule has 0 radical (unpaired) electrons. The van der Waals surface area contributed by atoms with Gasteiger partial charge in [0.2, 0.25) is 0 Å². The Morgan fingerprint density at radius 1 is 0.862 bits per heavy atom. The van der Waals surface area contributed by atoms with Crippen molar-refractivity contribution in [1.82, 2.24) is 0 Å². The summed E-state index contributed by atoms with van der Waals surface area (Å²) >= 11 is 0. The number of ether oxygens (including phenoxy) is 1. The lowest BCUT2D eigenvalue weighted by Gasteiger charge is -2.32. The maximum absolute atomic E-state index is 6.46. The highest BCUT2D eigenvalue weighted by atomic mass is 16.7. The van der Waals surface area contributed by atoms with Crippen molar-refractivity contribution in [1.29, 1.82) is 0 Å². The molecule has 1 aliphatic carbocycles. The molecule has 0 atom stereocenters. The fourth-order valence-corrected chi connectivity index (χ4v) is 4.05. The average Bonchev–Trinajstić information content (AvgIpc) is 2.95. The molecule has 1 saturated heterocycles. The molecule has 0 saturated carbocycles. The zero-order valence-corrected chi connectivity index (χ0v) is 18.0. The second-order valence-electron chi connectivity index (χ2n) is 8.71. The quantitative estimate of drug-likeness (QED) is 0.605. The van der Waals surface area contributed by atoms with E-state index in [1.54, 1.807) is 7.11 Å². The van der Waals surface area contributed by atoms with Gasteiger partial charge in [0.25, 0.3) is 0 Å². The van der Waals surface area contributed by atoms with Crippen LogP contribution in [0.2, 0.25) is 0 Å². The Morgan fingerprint density at radius 3 is 2.14 bits per heavy atom. The molecule has 2 aromatic carbocycles. The molecule has 2 aliphatic rings. The summed E-state index contributed by atoms with van der Waals surface area (Å²) in [5, 5.41) is 0. The summed E-state index contributed by atoms with van der Waals surface area (Å²) in [6.45, 7) is 8.43. The Balaban J connectivity index is 1.88. The molecule has 29 heavy (non-hydrogen) atoms. The fourth-order valence-electron chi connectivity index (χ4n) is 4.05. The number of hydrogen-bond acceptors (Lipinski definition) is 3. The van der Waals surface area contributed by atoms with Crippen LogP contribution in [0.15, 0.2) is 66.1 Å². The smallest absolute Gasteiger partial charge is 0.491 e. The van der Waals surface area contributed by atoms with Crippen molar-refractivity contribution in [2.24, 2.45) is 0 Å². The molecule has 2 aromatic rings. The first-order valence-corrected chi connectivity index (χ1v) is 10.3. The van der Waals surface area contributed by atoms with Crippen molar-refractivity contribution in [2.45, 2.75) is 51.7 Å². The Labute approximate surface area is 174 Å². The van der Waals surface area contributed by atoms with Gasteiger partial charge in [0.05, 0.1) is 18.3 Å². The van der Waals surface area contributed by atoms with Gasteiger partial charge in [0, 0.05) is 5.56 Å². The lowest BCUT2D eigenvalue weighted by atomic mass is 9.67. The number of para-hydroxylation sites is 1. The summed E-state index contributed by atoms with van der Waals surface area (Å²) in [5.41, 5.74) is 5.13. The zero-order valence-electron chi connectivity index (χ0n) is 18.0. The molecule has 1 fully saturated rings. The highest BCUT2D eigenvalue weighted by molar-refractivity contribution is 6.57. The standard InChI is InChI=1S/C25H29BO3/c1-24(2)25(3,4)29-26(28-24)21-16-11-15-20(19-14-9-10-17-22(19)27-5)23(21)18-12-7-6-8-13-18/h6-10,12-15,17H,11,16H2,1-5H3. The third kappa shape index (κ3) is 3.56. The van der Waals surface area contributed by atoms with Gasteiger partial charge in [-0.2, -0.15) is 0 Å².